The molecule has 4 amide bonds. The van der Waals surface area contributed by atoms with Crippen LogP contribution in [0.1, 0.15) is 29.7 Å². The molecule has 1 aromatic heterocycles. The number of imide groups is 1. The topological polar surface area (TPSA) is 120 Å². The van der Waals surface area contributed by atoms with E-state index in [4.69, 9.17) is 0 Å². The molecule has 1 saturated heterocycles. The molecule has 8 heteroatoms. The first-order valence-electron chi connectivity index (χ1n) is 6.94. The summed E-state index contributed by atoms with van der Waals surface area (Å²) in [5.74, 6) is -0.711. The maximum atomic E-state index is 11.8. The maximum Gasteiger partial charge on any atom is 0.322 e. The summed E-state index contributed by atoms with van der Waals surface area (Å²) in [5, 5.41) is 7.17. The Morgan fingerprint density at radius 1 is 1.27 bits per heavy atom. The monoisotopic (exact) mass is 306 g/mol. The van der Waals surface area contributed by atoms with Gasteiger partial charge in [0.25, 0.3) is 11.5 Å². The summed E-state index contributed by atoms with van der Waals surface area (Å²) in [6.07, 6.45) is 0.299. The van der Waals surface area contributed by atoms with E-state index in [1.54, 1.807) is 6.92 Å². The van der Waals surface area contributed by atoms with Crippen molar-refractivity contribution in [3.05, 3.63) is 33.2 Å². The second-order valence-corrected chi connectivity index (χ2v) is 5.27. The molecule has 1 aliphatic heterocycles. The fourth-order valence-electron chi connectivity index (χ4n) is 2.31. The summed E-state index contributed by atoms with van der Waals surface area (Å²) in [5.41, 5.74) is 1.86. The molecule has 0 spiro atoms. The molecule has 1 aromatic rings. The van der Waals surface area contributed by atoms with E-state index in [9.17, 15) is 19.2 Å². The number of carbonyl (C=O) groups is 3. The number of hydrogen-bond acceptors (Lipinski definition) is 4. The molecule has 22 heavy (non-hydrogen) atoms. The second kappa shape index (κ2) is 6.42. The lowest BCUT2D eigenvalue weighted by Gasteiger charge is -2.09. The molecule has 118 valence electrons. The molecule has 0 aromatic carbocycles. The smallest absolute Gasteiger partial charge is 0.322 e. The molecule has 1 atom stereocenters. The number of carbonyl (C=O) groups excluding carboxylic acids is 3. The zero-order valence-electron chi connectivity index (χ0n) is 12.4. The van der Waals surface area contributed by atoms with E-state index < -0.39 is 18.0 Å². The van der Waals surface area contributed by atoms with Crippen molar-refractivity contribution in [2.75, 3.05) is 0 Å². The highest BCUT2D eigenvalue weighted by Crippen LogP contribution is 2.05. The first-order chi connectivity index (χ1) is 10.4. The van der Waals surface area contributed by atoms with Crippen molar-refractivity contribution in [2.45, 2.75) is 39.3 Å². The Bertz CT molecular complexity index is 680. The number of aryl methyl sites for hydroxylation is 2. The number of aromatic nitrogens is 1. The van der Waals surface area contributed by atoms with Crippen molar-refractivity contribution in [3.63, 3.8) is 0 Å². The highest BCUT2D eigenvalue weighted by Gasteiger charge is 2.29. The molecule has 0 unspecified atom stereocenters. The van der Waals surface area contributed by atoms with Crippen LogP contribution in [-0.2, 0) is 16.1 Å². The van der Waals surface area contributed by atoms with Crippen molar-refractivity contribution >= 4 is 17.8 Å². The van der Waals surface area contributed by atoms with Crippen LogP contribution in [-0.4, -0.2) is 28.9 Å². The van der Waals surface area contributed by atoms with Gasteiger partial charge < -0.3 is 15.6 Å². The summed E-state index contributed by atoms with van der Waals surface area (Å²) < 4.78 is 0. The second-order valence-electron chi connectivity index (χ2n) is 5.27. The first kappa shape index (κ1) is 15.7. The molecule has 0 aliphatic carbocycles. The molecule has 8 nitrogen and oxygen atoms in total. The van der Waals surface area contributed by atoms with Crippen molar-refractivity contribution in [3.8, 4) is 0 Å². The molecular weight excluding hydrogens is 288 g/mol. The third-order valence-corrected chi connectivity index (χ3v) is 3.47. The summed E-state index contributed by atoms with van der Waals surface area (Å²) in [6.45, 7) is 3.73. The number of H-pyrrole nitrogens is 1. The molecule has 1 fully saturated rings. The van der Waals surface area contributed by atoms with Gasteiger partial charge in [0.15, 0.2) is 0 Å². The highest BCUT2D eigenvalue weighted by molar-refractivity contribution is 6.04. The SMILES string of the molecule is Cc1cc(C)c(CNC(=O)CC[C@H]2NC(=O)NC2=O)c(=O)[nH]1. The van der Waals surface area contributed by atoms with Crippen molar-refractivity contribution in [1.29, 1.82) is 0 Å². The average molecular weight is 306 g/mol. The van der Waals surface area contributed by atoms with E-state index >= 15 is 0 Å². The average Bonchev–Trinajstić information content (AvgIpc) is 2.73. The largest absolute Gasteiger partial charge is 0.352 e. The van der Waals surface area contributed by atoms with Gasteiger partial charge in [-0.1, -0.05) is 0 Å². The molecule has 1 aliphatic rings. The molecule has 0 saturated carbocycles. The van der Waals surface area contributed by atoms with Crippen LogP contribution in [0.2, 0.25) is 0 Å². The van der Waals surface area contributed by atoms with Gasteiger partial charge in [-0.25, -0.2) is 4.79 Å². The van der Waals surface area contributed by atoms with Crippen LogP contribution in [0.5, 0.6) is 0 Å². The third kappa shape index (κ3) is 3.72. The molecule has 2 rings (SSSR count). The predicted octanol–water partition coefficient (Wildman–Crippen LogP) is -0.404. The summed E-state index contributed by atoms with van der Waals surface area (Å²) in [6, 6.07) is 0.612. The third-order valence-electron chi connectivity index (χ3n) is 3.47. The van der Waals surface area contributed by atoms with Crippen LogP contribution in [0.25, 0.3) is 0 Å². The Hall–Kier alpha value is -2.64. The molecular formula is C14H18N4O4. The van der Waals surface area contributed by atoms with E-state index in [0.29, 0.717) is 5.56 Å². The minimum absolute atomic E-state index is 0.0845. The Morgan fingerprint density at radius 3 is 2.59 bits per heavy atom. The lowest BCUT2D eigenvalue weighted by molar-refractivity contribution is -0.122. The van der Waals surface area contributed by atoms with E-state index in [2.05, 4.69) is 20.9 Å². The van der Waals surface area contributed by atoms with Gasteiger partial charge in [0.2, 0.25) is 5.91 Å². The van der Waals surface area contributed by atoms with Crippen molar-refractivity contribution in [1.82, 2.24) is 20.9 Å². The maximum absolute atomic E-state index is 11.8. The van der Waals surface area contributed by atoms with Crippen molar-refractivity contribution < 1.29 is 14.4 Å². The molecule has 4 N–H and O–H groups in total. The number of rotatable bonds is 5. The number of amides is 4. The summed E-state index contributed by atoms with van der Waals surface area (Å²) in [4.78, 5) is 48.5. The van der Waals surface area contributed by atoms with Crippen LogP contribution in [0.15, 0.2) is 10.9 Å². The van der Waals surface area contributed by atoms with Crippen molar-refractivity contribution in [2.24, 2.45) is 0 Å². The predicted molar refractivity (Wildman–Crippen MR) is 78.1 cm³/mol. The minimum atomic E-state index is -0.678. The Kier molecular flexibility index (Phi) is 4.59. The van der Waals surface area contributed by atoms with Crippen LogP contribution in [0.3, 0.4) is 0 Å². The number of hydrogen-bond donors (Lipinski definition) is 4. The van der Waals surface area contributed by atoms with Crippen LogP contribution < -0.4 is 21.5 Å². The van der Waals surface area contributed by atoms with Gasteiger partial charge in [-0.2, -0.15) is 0 Å². The minimum Gasteiger partial charge on any atom is -0.352 e. The van der Waals surface area contributed by atoms with Gasteiger partial charge in [0, 0.05) is 24.2 Å². The lowest BCUT2D eigenvalue weighted by atomic mass is 10.1. The van der Waals surface area contributed by atoms with Crippen LogP contribution in [0.4, 0.5) is 4.79 Å². The lowest BCUT2D eigenvalue weighted by Crippen LogP contribution is -2.32. The Balaban J connectivity index is 1.85. The van der Waals surface area contributed by atoms with Crippen LogP contribution in [0, 0.1) is 13.8 Å². The number of aromatic amines is 1. The first-order valence-corrected chi connectivity index (χ1v) is 6.94. The molecule has 0 radical (unpaired) electrons. The zero-order valence-corrected chi connectivity index (χ0v) is 12.4. The standard InChI is InChI=1S/C14H18N4O4/c1-7-5-8(2)16-12(20)9(7)6-15-11(19)4-3-10-13(21)18-14(22)17-10/h5,10H,3-4,6H2,1-2H3,(H,15,19)(H,16,20)(H2,17,18,21,22)/t10-/m1/s1. The van der Waals surface area contributed by atoms with E-state index in [1.165, 1.54) is 0 Å². The van der Waals surface area contributed by atoms with Gasteiger partial charge in [-0.15, -0.1) is 0 Å². The van der Waals surface area contributed by atoms with E-state index in [1.807, 2.05) is 13.0 Å². The van der Waals surface area contributed by atoms with Gasteiger partial charge in [-0.05, 0) is 31.9 Å². The highest BCUT2D eigenvalue weighted by atomic mass is 16.2. The van der Waals surface area contributed by atoms with Gasteiger partial charge in [0.05, 0.1) is 0 Å². The quantitative estimate of drug-likeness (QED) is 0.553. The molecule has 2 heterocycles. The molecule has 0 bridgehead atoms. The number of urea groups is 1. The summed E-state index contributed by atoms with van der Waals surface area (Å²) in [7, 11) is 0. The van der Waals surface area contributed by atoms with Gasteiger partial charge >= 0.3 is 6.03 Å². The fraction of sp³-hybridized carbons (Fsp3) is 0.429. The fourth-order valence-corrected chi connectivity index (χ4v) is 2.31. The van der Waals surface area contributed by atoms with Crippen LogP contribution >= 0.6 is 0 Å². The summed E-state index contributed by atoms with van der Waals surface area (Å²) >= 11 is 0. The normalized spacial score (nSPS) is 17.1. The van der Waals surface area contributed by atoms with E-state index in [-0.39, 0.29) is 30.9 Å². The Morgan fingerprint density at radius 2 is 2.00 bits per heavy atom. The number of pyridine rings is 1. The zero-order chi connectivity index (χ0) is 16.3. The van der Waals surface area contributed by atoms with E-state index in [0.717, 1.165) is 11.3 Å². The van der Waals surface area contributed by atoms with Gasteiger partial charge in [0.1, 0.15) is 6.04 Å². The Labute approximate surface area is 126 Å². The number of nitrogens with one attached hydrogen (secondary N) is 4. The van der Waals surface area contributed by atoms with Gasteiger partial charge in [-0.3, -0.25) is 19.7 Å².